The summed E-state index contributed by atoms with van der Waals surface area (Å²) in [5, 5.41) is 10.5. The minimum absolute atomic E-state index is 0.108. The Kier molecular flexibility index (Phi) is 5.76. The molecule has 0 spiro atoms. The zero-order valence-corrected chi connectivity index (χ0v) is 20.0. The molecule has 2 saturated heterocycles. The number of halogens is 1. The summed E-state index contributed by atoms with van der Waals surface area (Å²) in [5.41, 5.74) is 5.52. The average molecular weight is 496 g/mol. The van der Waals surface area contributed by atoms with Gasteiger partial charge in [0.15, 0.2) is 12.0 Å². The number of aromatic amines is 1. The van der Waals surface area contributed by atoms with Gasteiger partial charge in [-0.25, -0.2) is 4.98 Å². The molecule has 35 heavy (non-hydrogen) atoms. The maximum Gasteiger partial charge on any atom is 0.219 e. The summed E-state index contributed by atoms with van der Waals surface area (Å²) < 4.78 is 17.4. The highest BCUT2D eigenvalue weighted by Crippen LogP contribution is 2.34. The minimum Gasteiger partial charge on any atom is -0.470 e. The van der Waals surface area contributed by atoms with E-state index in [2.05, 4.69) is 23.2 Å². The second kappa shape index (κ2) is 8.95. The van der Waals surface area contributed by atoms with Gasteiger partial charge in [-0.1, -0.05) is 41.9 Å². The molecule has 2 fully saturated rings. The minimum atomic E-state index is -0.615. The molecule has 0 saturated carbocycles. The molecule has 0 aliphatic carbocycles. The highest BCUT2D eigenvalue weighted by molar-refractivity contribution is 6.33. The highest BCUT2D eigenvalue weighted by atomic mass is 35.5. The van der Waals surface area contributed by atoms with Crippen molar-refractivity contribution >= 4 is 34.1 Å². The quantitative estimate of drug-likeness (QED) is 0.575. The van der Waals surface area contributed by atoms with Gasteiger partial charge in [-0.2, -0.15) is 0 Å². The summed E-state index contributed by atoms with van der Waals surface area (Å²) in [4.78, 5) is 21.4. The summed E-state index contributed by atoms with van der Waals surface area (Å²) in [6.45, 7) is 3.61. The number of aromatic nitrogens is 2. The molecule has 3 aromatic rings. The Morgan fingerprint density at radius 3 is 2.69 bits per heavy atom. The Hall–Kier alpha value is -2.91. The fourth-order valence-corrected chi connectivity index (χ4v) is 5.30. The fraction of sp³-hybridized carbons (Fsp3) is 0.385. The van der Waals surface area contributed by atoms with Crippen molar-refractivity contribution in [3.63, 3.8) is 0 Å². The number of aliphatic hydroxyl groups is 1. The fourth-order valence-electron chi connectivity index (χ4n) is 5.04. The zero-order valence-electron chi connectivity index (χ0n) is 19.2. The van der Waals surface area contributed by atoms with Crippen LogP contribution in [-0.2, 0) is 14.3 Å². The molecule has 5 heterocycles. The van der Waals surface area contributed by atoms with Crippen molar-refractivity contribution in [3.8, 4) is 17.1 Å². The third-order valence-corrected chi connectivity index (χ3v) is 7.26. The van der Waals surface area contributed by atoms with E-state index in [1.807, 2.05) is 29.2 Å². The molecule has 3 aliphatic heterocycles. The number of carbonyl (C=O) groups excluding carboxylic acids is 1. The maximum absolute atomic E-state index is 11.6. The Morgan fingerprint density at radius 2 is 1.94 bits per heavy atom. The normalized spacial score (nSPS) is 26.1. The van der Waals surface area contributed by atoms with E-state index >= 15 is 0 Å². The van der Waals surface area contributed by atoms with Crippen molar-refractivity contribution in [3.05, 3.63) is 53.1 Å². The molecule has 1 aromatic carbocycles. The van der Waals surface area contributed by atoms with Gasteiger partial charge in [-0.15, -0.1) is 0 Å². The van der Waals surface area contributed by atoms with Crippen LogP contribution >= 0.6 is 11.6 Å². The van der Waals surface area contributed by atoms with Crippen molar-refractivity contribution in [2.75, 3.05) is 26.3 Å². The van der Waals surface area contributed by atoms with E-state index in [0.717, 1.165) is 35.1 Å². The molecular weight excluding hydrogens is 470 g/mol. The van der Waals surface area contributed by atoms with Gasteiger partial charge < -0.3 is 29.2 Å². The summed E-state index contributed by atoms with van der Waals surface area (Å²) in [6, 6.07) is 11.9. The number of carbonyl (C=O) groups is 1. The average Bonchev–Trinajstić information content (AvgIpc) is 3.55. The number of nitrogens with one attached hydrogen (secondary N) is 1. The van der Waals surface area contributed by atoms with Crippen LogP contribution in [0.15, 0.2) is 42.5 Å². The van der Waals surface area contributed by atoms with E-state index in [1.54, 1.807) is 6.92 Å². The van der Waals surface area contributed by atoms with Gasteiger partial charge in [0.25, 0.3) is 0 Å². The van der Waals surface area contributed by atoms with Crippen molar-refractivity contribution in [2.24, 2.45) is 0 Å². The number of benzene rings is 1. The molecule has 182 valence electrons. The lowest BCUT2D eigenvalue weighted by Crippen LogP contribution is -2.34. The number of fused-ring (bicyclic) bond motifs is 2. The number of rotatable bonds is 4. The molecule has 2 N–H and O–H groups in total. The van der Waals surface area contributed by atoms with Crippen LogP contribution in [0.25, 0.3) is 27.9 Å². The first-order chi connectivity index (χ1) is 17.0. The highest BCUT2D eigenvalue weighted by Gasteiger charge is 2.48. The van der Waals surface area contributed by atoms with Crippen LogP contribution < -0.4 is 4.74 Å². The predicted molar refractivity (Wildman–Crippen MR) is 131 cm³/mol. The lowest BCUT2D eigenvalue weighted by molar-refractivity contribution is -0.128. The largest absolute Gasteiger partial charge is 0.470 e. The lowest BCUT2D eigenvalue weighted by Gasteiger charge is -2.25. The van der Waals surface area contributed by atoms with Gasteiger partial charge >= 0.3 is 0 Å². The molecule has 0 bridgehead atoms. The molecule has 9 heteroatoms. The van der Waals surface area contributed by atoms with Crippen LogP contribution in [0.4, 0.5) is 0 Å². The summed E-state index contributed by atoms with van der Waals surface area (Å²) >= 11 is 6.60. The Morgan fingerprint density at radius 1 is 1.17 bits per heavy atom. The molecule has 8 nitrogen and oxygen atoms in total. The van der Waals surface area contributed by atoms with E-state index in [9.17, 15) is 9.90 Å². The topological polar surface area (TPSA) is 96.9 Å². The molecule has 6 rings (SSSR count). The van der Waals surface area contributed by atoms with Crippen molar-refractivity contribution in [2.45, 2.75) is 37.8 Å². The van der Waals surface area contributed by atoms with Gasteiger partial charge in [0.05, 0.1) is 35.0 Å². The Bertz CT molecular complexity index is 1300. The van der Waals surface area contributed by atoms with Gasteiger partial charge in [0.2, 0.25) is 5.91 Å². The molecule has 4 atom stereocenters. The summed E-state index contributed by atoms with van der Waals surface area (Å²) in [7, 11) is 0. The maximum atomic E-state index is 11.6. The predicted octanol–water partition coefficient (Wildman–Crippen LogP) is 3.42. The molecule has 3 aliphatic rings. The van der Waals surface area contributed by atoms with Crippen molar-refractivity contribution in [1.29, 1.82) is 0 Å². The van der Waals surface area contributed by atoms with Crippen molar-refractivity contribution < 1.29 is 24.1 Å². The first-order valence-electron chi connectivity index (χ1n) is 11.8. The number of H-pyrrole nitrogens is 1. The van der Waals surface area contributed by atoms with Crippen LogP contribution in [0.1, 0.15) is 18.9 Å². The van der Waals surface area contributed by atoms with Gasteiger partial charge in [0, 0.05) is 31.6 Å². The second-order valence-corrected chi connectivity index (χ2v) is 9.63. The van der Waals surface area contributed by atoms with Gasteiger partial charge in [-0.3, -0.25) is 4.79 Å². The van der Waals surface area contributed by atoms with Crippen molar-refractivity contribution in [1.82, 2.24) is 14.9 Å². The second-order valence-electron chi connectivity index (χ2n) is 9.23. The molecule has 0 radical (unpaired) electrons. The van der Waals surface area contributed by atoms with Crippen LogP contribution in [0.3, 0.4) is 0 Å². The SMILES string of the molecule is CC(=O)N1CC=C(c2ccc(-c3nc4cc(O[C@@H]5COC6[C@H](O)CO[C@@H]65)[nH]c4cc3Cl)cc2)CC1. The van der Waals surface area contributed by atoms with E-state index in [0.29, 0.717) is 29.7 Å². The van der Waals surface area contributed by atoms with Gasteiger partial charge in [-0.05, 0) is 23.6 Å². The van der Waals surface area contributed by atoms with E-state index < -0.39 is 6.10 Å². The van der Waals surface area contributed by atoms with Crippen LogP contribution in [-0.4, -0.2) is 76.6 Å². The standard InChI is InChI=1S/C26H26ClN3O5/c1-14(31)30-8-6-16(7-9-30)15-2-4-17(5-3-15)24-18(27)10-19-20(29-24)11-23(28-19)35-22-13-34-25-21(32)12-33-26(22)25/h2-6,10-11,21-22,25-26,28,32H,7-9,12-13H2,1H3/t21-,22-,25?,26-/m1/s1. The number of nitrogens with zero attached hydrogens (tertiary/aromatic N) is 2. The molecular formula is C26H26ClN3O5. The first-order valence-corrected chi connectivity index (χ1v) is 12.2. The van der Waals surface area contributed by atoms with Crippen LogP contribution in [0.2, 0.25) is 5.02 Å². The zero-order chi connectivity index (χ0) is 24.1. The Labute approximate surface area is 207 Å². The number of aliphatic hydroxyl groups excluding tert-OH is 1. The van der Waals surface area contributed by atoms with Gasteiger partial charge in [0.1, 0.15) is 18.3 Å². The third kappa shape index (κ3) is 4.21. The molecule has 1 unspecified atom stereocenters. The van der Waals surface area contributed by atoms with Crippen LogP contribution in [0, 0.1) is 0 Å². The lowest BCUT2D eigenvalue weighted by atomic mass is 9.97. The number of pyridine rings is 1. The number of hydrogen-bond donors (Lipinski definition) is 2. The van der Waals surface area contributed by atoms with Crippen LogP contribution in [0.5, 0.6) is 5.88 Å². The summed E-state index contributed by atoms with van der Waals surface area (Å²) in [5.74, 6) is 0.663. The number of amides is 1. The van der Waals surface area contributed by atoms with E-state index in [-0.39, 0.29) is 30.8 Å². The Balaban J connectivity index is 1.21. The third-order valence-electron chi connectivity index (χ3n) is 6.97. The number of hydrogen-bond acceptors (Lipinski definition) is 6. The van der Waals surface area contributed by atoms with E-state index in [1.165, 1.54) is 5.57 Å². The monoisotopic (exact) mass is 495 g/mol. The molecule has 1 amide bonds. The smallest absolute Gasteiger partial charge is 0.219 e. The molecule has 2 aromatic heterocycles. The summed E-state index contributed by atoms with van der Waals surface area (Å²) in [6.07, 6.45) is 1.41. The number of ether oxygens (including phenoxy) is 3. The van der Waals surface area contributed by atoms with E-state index in [4.69, 9.17) is 30.8 Å². The first kappa shape index (κ1) is 22.5.